The molecule has 2 N–H and O–H groups in total. The van der Waals surface area contributed by atoms with Gasteiger partial charge in [-0.25, -0.2) is 4.98 Å². The topological polar surface area (TPSA) is 54.0 Å². The van der Waals surface area contributed by atoms with E-state index in [0.717, 1.165) is 12.3 Å². The van der Waals surface area contributed by atoms with Crippen LogP contribution >= 0.6 is 0 Å². The van der Waals surface area contributed by atoms with Crippen LogP contribution in [0.3, 0.4) is 0 Å². The highest BCUT2D eigenvalue weighted by Gasteiger charge is 2.31. The molecule has 1 heterocycles. The van der Waals surface area contributed by atoms with Gasteiger partial charge in [0.1, 0.15) is 5.69 Å². The van der Waals surface area contributed by atoms with Crippen LogP contribution < -0.4 is 10.6 Å². The van der Waals surface area contributed by atoms with Crippen molar-refractivity contribution in [3.05, 3.63) is 83.7 Å². The van der Waals surface area contributed by atoms with E-state index in [1.54, 1.807) is 24.3 Å². The summed E-state index contributed by atoms with van der Waals surface area (Å²) in [4.78, 5) is 13.6. The third-order valence-electron chi connectivity index (χ3n) is 4.37. The molecule has 1 aromatic heterocycles. The Bertz CT molecular complexity index is 959. The summed E-state index contributed by atoms with van der Waals surface area (Å²) in [6.07, 6.45) is -2.77. The van der Waals surface area contributed by atoms with Crippen LogP contribution in [0.25, 0.3) is 0 Å². The number of rotatable bonds is 4. The Morgan fingerprint density at radius 3 is 1.81 bits per heavy atom. The predicted octanol–water partition coefficient (Wildman–Crippen LogP) is 6.70. The largest absolute Gasteiger partial charge is 0.433 e. The van der Waals surface area contributed by atoms with Gasteiger partial charge in [-0.1, -0.05) is 50.6 Å². The molecule has 0 aliphatic carbocycles. The molecule has 0 fully saturated rings. The molecule has 2 aromatic carbocycles. The fourth-order valence-electron chi connectivity index (χ4n) is 2.57. The molecule has 31 heavy (non-hydrogen) atoms. The molecule has 0 radical (unpaired) electrons. The molecule has 0 unspecified atom stereocenters. The highest BCUT2D eigenvalue weighted by atomic mass is 19.4. The molecule has 0 aliphatic heterocycles. The Balaban J connectivity index is 0.000000262. The highest BCUT2D eigenvalue weighted by molar-refractivity contribution is 5.72. The van der Waals surface area contributed by atoms with E-state index in [9.17, 15) is 18.0 Å². The summed E-state index contributed by atoms with van der Waals surface area (Å²) >= 11 is 0. The number of hydrogen-bond donors (Lipinski definition) is 2. The van der Waals surface area contributed by atoms with Gasteiger partial charge in [-0.05, 0) is 54.3 Å². The minimum absolute atomic E-state index is 0.285. The number of hydrogen-bond acceptors (Lipinski definition) is 3. The van der Waals surface area contributed by atoms with E-state index in [0.29, 0.717) is 23.5 Å². The quantitative estimate of drug-likeness (QED) is 0.454. The lowest BCUT2D eigenvalue weighted by Gasteiger charge is -2.18. The smallest absolute Gasteiger partial charge is 0.354 e. The van der Waals surface area contributed by atoms with Gasteiger partial charge in [-0.15, -0.1) is 0 Å². The molecular weight excluding hydrogens is 403 g/mol. The van der Waals surface area contributed by atoms with E-state index in [2.05, 4.69) is 67.6 Å². The van der Waals surface area contributed by atoms with Crippen LogP contribution in [0.4, 0.5) is 30.2 Å². The number of alkyl halides is 3. The molecule has 164 valence electrons. The first kappa shape index (κ1) is 23.9. The number of benzene rings is 2. The average molecular weight is 429 g/mol. The van der Waals surface area contributed by atoms with Gasteiger partial charge in [0.05, 0.1) is 11.9 Å². The molecule has 0 bridgehead atoms. The zero-order valence-electron chi connectivity index (χ0n) is 17.9. The number of anilines is 3. The maximum absolute atomic E-state index is 12.3. The minimum atomic E-state index is -4.44. The van der Waals surface area contributed by atoms with E-state index in [1.807, 2.05) is 0 Å². The molecule has 3 rings (SSSR count). The summed E-state index contributed by atoms with van der Waals surface area (Å²) in [6, 6.07) is 17.6. The first-order valence-electron chi connectivity index (χ1n) is 9.67. The Morgan fingerprint density at radius 1 is 0.806 bits per heavy atom. The molecule has 0 saturated carbocycles. The Labute approximate surface area is 180 Å². The van der Waals surface area contributed by atoms with E-state index in [4.69, 9.17) is 0 Å². The van der Waals surface area contributed by atoms with Crippen LogP contribution in [0.15, 0.2) is 66.9 Å². The number of pyridine rings is 1. The van der Waals surface area contributed by atoms with Gasteiger partial charge in [-0.2, -0.15) is 13.2 Å². The summed E-state index contributed by atoms with van der Waals surface area (Å²) in [5, 5.41) is 5.38. The van der Waals surface area contributed by atoms with E-state index in [-0.39, 0.29) is 5.41 Å². The molecule has 1 amide bonds. The molecular formula is C24H26F3N3O. The van der Waals surface area contributed by atoms with Crippen LogP contribution in [0, 0.1) is 6.92 Å². The Hall–Kier alpha value is -3.35. The normalized spacial score (nSPS) is 11.2. The van der Waals surface area contributed by atoms with Crippen molar-refractivity contribution in [3.63, 3.8) is 0 Å². The predicted molar refractivity (Wildman–Crippen MR) is 119 cm³/mol. The monoisotopic (exact) mass is 429 g/mol. The average Bonchev–Trinajstić information content (AvgIpc) is 2.70. The number of nitrogens with one attached hydrogen (secondary N) is 2. The summed E-state index contributed by atoms with van der Waals surface area (Å²) in [5.41, 5.74) is 3.82. The van der Waals surface area contributed by atoms with Gasteiger partial charge in [0.25, 0.3) is 0 Å². The number of halogens is 3. The van der Waals surface area contributed by atoms with Crippen molar-refractivity contribution in [3.8, 4) is 0 Å². The van der Waals surface area contributed by atoms with Crippen molar-refractivity contribution in [2.75, 3.05) is 10.6 Å². The molecule has 4 nitrogen and oxygen atoms in total. The van der Waals surface area contributed by atoms with Crippen LogP contribution in [0.2, 0.25) is 0 Å². The Morgan fingerprint density at radius 2 is 1.35 bits per heavy atom. The fraction of sp³-hybridized carbons (Fsp3) is 0.250. The van der Waals surface area contributed by atoms with E-state index < -0.39 is 11.9 Å². The summed E-state index contributed by atoms with van der Waals surface area (Å²) in [5.74, 6) is 0. The van der Waals surface area contributed by atoms with Gasteiger partial charge in [0, 0.05) is 11.4 Å². The lowest BCUT2D eigenvalue weighted by atomic mass is 9.87. The lowest BCUT2D eigenvalue weighted by Crippen LogP contribution is -2.10. The number of amides is 1. The molecule has 7 heteroatoms. The molecule has 0 atom stereocenters. The summed E-state index contributed by atoms with van der Waals surface area (Å²) in [7, 11) is 0. The number of aryl methyl sites for hydroxylation is 1. The minimum Gasteiger partial charge on any atom is -0.354 e. The molecule has 0 spiro atoms. The molecule has 0 aliphatic rings. The molecule has 0 saturated heterocycles. The standard InChI is InChI=1S/C13H10F3N3O.C11H16/c14-13(15,16)12-6-5-11(7-17-12)19-10-3-1-9(2-4-10)18-8-20;1-9-5-7-10(8-6-9)11(2,3)4/h1-8,19H,(H,18,20);5-8H,1-4H3. The first-order valence-corrected chi connectivity index (χ1v) is 9.67. The Kier molecular flexibility index (Phi) is 7.80. The second kappa shape index (κ2) is 10.1. The van der Waals surface area contributed by atoms with Crippen molar-refractivity contribution < 1.29 is 18.0 Å². The lowest BCUT2D eigenvalue weighted by molar-refractivity contribution is -0.141. The number of aromatic nitrogens is 1. The van der Waals surface area contributed by atoms with Gasteiger partial charge in [0.15, 0.2) is 0 Å². The van der Waals surface area contributed by atoms with Crippen molar-refractivity contribution in [2.45, 2.75) is 39.3 Å². The summed E-state index contributed by atoms with van der Waals surface area (Å²) in [6.45, 7) is 8.82. The fourth-order valence-corrected chi connectivity index (χ4v) is 2.57. The maximum atomic E-state index is 12.3. The van der Waals surface area contributed by atoms with Crippen molar-refractivity contribution in [1.82, 2.24) is 4.98 Å². The van der Waals surface area contributed by atoms with E-state index in [1.165, 1.54) is 17.2 Å². The van der Waals surface area contributed by atoms with Crippen molar-refractivity contribution >= 4 is 23.5 Å². The second-order valence-electron chi connectivity index (χ2n) is 8.01. The number of nitrogens with zero attached hydrogens (tertiary/aromatic N) is 1. The molecule has 3 aromatic rings. The van der Waals surface area contributed by atoms with Gasteiger partial charge >= 0.3 is 6.18 Å². The van der Waals surface area contributed by atoms with Crippen LogP contribution in [-0.2, 0) is 16.4 Å². The zero-order valence-corrected chi connectivity index (χ0v) is 17.9. The zero-order chi connectivity index (χ0) is 23.1. The van der Waals surface area contributed by atoms with Gasteiger partial charge in [0.2, 0.25) is 6.41 Å². The third kappa shape index (κ3) is 7.77. The van der Waals surface area contributed by atoms with Crippen molar-refractivity contribution in [1.29, 1.82) is 0 Å². The summed E-state index contributed by atoms with van der Waals surface area (Å²) < 4.78 is 37.0. The van der Waals surface area contributed by atoms with E-state index >= 15 is 0 Å². The number of carbonyl (C=O) groups is 1. The SMILES string of the molecule is Cc1ccc(C(C)(C)C)cc1.O=CNc1ccc(Nc2ccc(C(F)(F)F)nc2)cc1. The van der Waals surface area contributed by atoms with Gasteiger partial charge in [-0.3, -0.25) is 4.79 Å². The number of carbonyl (C=O) groups excluding carboxylic acids is 1. The second-order valence-corrected chi connectivity index (χ2v) is 8.01. The van der Waals surface area contributed by atoms with Crippen molar-refractivity contribution in [2.24, 2.45) is 0 Å². The van der Waals surface area contributed by atoms with Crippen LogP contribution in [0.5, 0.6) is 0 Å². The third-order valence-corrected chi connectivity index (χ3v) is 4.37. The van der Waals surface area contributed by atoms with Crippen LogP contribution in [-0.4, -0.2) is 11.4 Å². The van der Waals surface area contributed by atoms with Gasteiger partial charge < -0.3 is 10.6 Å². The highest BCUT2D eigenvalue weighted by Crippen LogP contribution is 2.28. The maximum Gasteiger partial charge on any atom is 0.433 e. The first-order chi connectivity index (χ1) is 14.5. The van der Waals surface area contributed by atoms with Crippen LogP contribution in [0.1, 0.15) is 37.6 Å².